The van der Waals surface area contributed by atoms with Crippen molar-refractivity contribution in [1.29, 1.82) is 0 Å². The summed E-state index contributed by atoms with van der Waals surface area (Å²) in [4.78, 5) is 7.48. The molecule has 2 aliphatic heterocycles. The van der Waals surface area contributed by atoms with Crippen molar-refractivity contribution in [3.8, 4) is 5.75 Å². The molecule has 0 amide bonds. The van der Waals surface area contributed by atoms with Gasteiger partial charge in [0.2, 0.25) is 0 Å². The third-order valence-electron chi connectivity index (χ3n) is 5.61. The lowest BCUT2D eigenvalue weighted by Crippen LogP contribution is -2.39. The van der Waals surface area contributed by atoms with Crippen molar-refractivity contribution >= 4 is 29.9 Å². The average molecular weight is 516 g/mol. The summed E-state index contributed by atoms with van der Waals surface area (Å²) in [6, 6.07) is 8.71. The van der Waals surface area contributed by atoms with Crippen LogP contribution in [0.4, 0.5) is 0 Å². The second-order valence-corrected chi connectivity index (χ2v) is 7.61. The number of aliphatic imine (C=N–C) groups is 1. The minimum absolute atomic E-state index is 0. The molecule has 0 aromatic heterocycles. The van der Waals surface area contributed by atoms with E-state index in [1.54, 1.807) is 7.11 Å². The molecule has 164 valence electrons. The highest BCUT2D eigenvalue weighted by molar-refractivity contribution is 14.0. The molecule has 0 spiro atoms. The zero-order chi connectivity index (χ0) is 19.6. The van der Waals surface area contributed by atoms with Crippen LogP contribution in [-0.4, -0.2) is 63.4 Å². The molecule has 2 unspecified atom stereocenters. The van der Waals surface area contributed by atoms with Gasteiger partial charge in [-0.2, -0.15) is 0 Å². The number of nitrogens with zero attached hydrogens (tertiary/aromatic N) is 2. The monoisotopic (exact) mass is 516 g/mol. The lowest BCUT2D eigenvalue weighted by atomic mass is 10.1. The van der Waals surface area contributed by atoms with Crippen molar-refractivity contribution in [2.45, 2.75) is 51.2 Å². The molecule has 0 saturated carbocycles. The van der Waals surface area contributed by atoms with Gasteiger partial charge in [0.1, 0.15) is 5.75 Å². The van der Waals surface area contributed by atoms with Gasteiger partial charge in [-0.15, -0.1) is 24.0 Å². The molecule has 7 heteroatoms. The van der Waals surface area contributed by atoms with Crippen LogP contribution in [0.25, 0.3) is 0 Å². The molecular weight excluding hydrogens is 479 g/mol. The number of rotatable bonds is 9. The predicted molar refractivity (Wildman–Crippen MR) is 130 cm³/mol. The van der Waals surface area contributed by atoms with E-state index >= 15 is 0 Å². The van der Waals surface area contributed by atoms with Crippen molar-refractivity contribution in [2.24, 2.45) is 4.99 Å². The number of guanidine groups is 1. The van der Waals surface area contributed by atoms with Crippen LogP contribution in [0.5, 0.6) is 5.75 Å². The number of hydrogen-bond acceptors (Lipinski definition) is 4. The summed E-state index contributed by atoms with van der Waals surface area (Å²) in [6.07, 6.45) is 6.35. The van der Waals surface area contributed by atoms with E-state index in [9.17, 15) is 0 Å². The number of hydrogen-bond donors (Lipinski definition) is 2. The standard InChI is InChI=1S/C22H36N4O2.HI/c1-3-23-22(24-12-11-19-10-7-15-28-19)25-17-21(26-13-4-5-14-26)18-8-6-9-20(16-18)27-2;/h6,8-9,16,19,21H,3-5,7,10-15,17H2,1-2H3,(H2,23,24,25);1H. The van der Waals surface area contributed by atoms with Gasteiger partial charge < -0.3 is 20.1 Å². The molecule has 0 aliphatic carbocycles. The Labute approximate surface area is 192 Å². The Morgan fingerprint density at radius 3 is 2.79 bits per heavy atom. The fourth-order valence-electron chi connectivity index (χ4n) is 4.08. The molecule has 2 atom stereocenters. The van der Waals surface area contributed by atoms with Crippen molar-refractivity contribution in [3.63, 3.8) is 0 Å². The van der Waals surface area contributed by atoms with Crippen molar-refractivity contribution in [2.75, 3.05) is 46.4 Å². The molecule has 0 bridgehead atoms. The molecule has 6 nitrogen and oxygen atoms in total. The number of halogens is 1. The van der Waals surface area contributed by atoms with Gasteiger partial charge in [-0.25, -0.2) is 0 Å². The Bertz CT molecular complexity index is 617. The second-order valence-electron chi connectivity index (χ2n) is 7.61. The van der Waals surface area contributed by atoms with E-state index in [1.165, 1.54) is 31.2 Å². The fraction of sp³-hybridized carbons (Fsp3) is 0.682. The lowest BCUT2D eigenvalue weighted by Gasteiger charge is -2.27. The van der Waals surface area contributed by atoms with Gasteiger partial charge in [0.15, 0.2) is 5.96 Å². The maximum Gasteiger partial charge on any atom is 0.191 e. The largest absolute Gasteiger partial charge is 0.497 e. The highest BCUT2D eigenvalue weighted by Gasteiger charge is 2.24. The molecule has 3 rings (SSSR count). The summed E-state index contributed by atoms with van der Waals surface area (Å²) < 4.78 is 11.2. The van der Waals surface area contributed by atoms with E-state index in [0.717, 1.165) is 57.5 Å². The summed E-state index contributed by atoms with van der Waals surface area (Å²) in [7, 11) is 1.73. The summed E-state index contributed by atoms with van der Waals surface area (Å²) in [5.41, 5.74) is 1.28. The molecular formula is C22H37IN4O2. The number of likely N-dealkylation sites (tertiary alicyclic amines) is 1. The summed E-state index contributed by atoms with van der Waals surface area (Å²) >= 11 is 0. The molecule has 29 heavy (non-hydrogen) atoms. The number of benzene rings is 1. The normalized spacial score (nSPS) is 20.9. The molecule has 1 aromatic carbocycles. The van der Waals surface area contributed by atoms with E-state index < -0.39 is 0 Å². The van der Waals surface area contributed by atoms with Crippen molar-refractivity contribution < 1.29 is 9.47 Å². The third-order valence-corrected chi connectivity index (χ3v) is 5.61. The van der Waals surface area contributed by atoms with E-state index in [1.807, 2.05) is 6.07 Å². The minimum Gasteiger partial charge on any atom is -0.497 e. The molecule has 2 heterocycles. The predicted octanol–water partition coefficient (Wildman–Crippen LogP) is 3.57. The quantitative estimate of drug-likeness (QED) is 0.299. The van der Waals surface area contributed by atoms with Gasteiger partial charge in [0, 0.05) is 19.7 Å². The van der Waals surface area contributed by atoms with Gasteiger partial charge >= 0.3 is 0 Å². The number of nitrogens with one attached hydrogen (secondary N) is 2. The highest BCUT2D eigenvalue weighted by Crippen LogP contribution is 2.27. The SMILES string of the molecule is CCNC(=NCC(c1cccc(OC)c1)N1CCCC1)NCCC1CCCO1.I. The molecule has 1 aromatic rings. The van der Waals surface area contributed by atoms with Gasteiger partial charge in [0.05, 0.1) is 25.8 Å². The molecule has 2 fully saturated rings. The smallest absolute Gasteiger partial charge is 0.191 e. The Hall–Kier alpha value is -1.06. The number of ether oxygens (including phenoxy) is 2. The third kappa shape index (κ3) is 7.61. The maximum atomic E-state index is 5.72. The van der Waals surface area contributed by atoms with E-state index in [0.29, 0.717) is 6.10 Å². The first kappa shape index (κ1) is 24.2. The minimum atomic E-state index is 0. The van der Waals surface area contributed by atoms with Crippen LogP contribution in [0, 0.1) is 0 Å². The summed E-state index contributed by atoms with van der Waals surface area (Å²) in [5.74, 6) is 1.81. The van der Waals surface area contributed by atoms with Crippen LogP contribution >= 0.6 is 24.0 Å². The molecule has 2 saturated heterocycles. The zero-order valence-corrected chi connectivity index (χ0v) is 20.2. The van der Waals surface area contributed by atoms with Crippen LogP contribution in [0.15, 0.2) is 29.3 Å². The van der Waals surface area contributed by atoms with Crippen LogP contribution in [0.1, 0.15) is 50.6 Å². The highest BCUT2D eigenvalue weighted by atomic mass is 127. The summed E-state index contributed by atoms with van der Waals surface area (Å²) in [5, 5.41) is 6.87. The van der Waals surface area contributed by atoms with Crippen LogP contribution in [0.3, 0.4) is 0 Å². The Balaban J connectivity index is 0.00000300. The molecule has 0 radical (unpaired) electrons. The number of methoxy groups -OCH3 is 1. The van der Waals surface area contributed by atoms with Gasteiger partial charge in [-0.1, -0.05) is 12.1 Å². The fourth-order valence-corrected chi connectivity index (χ4v) is 4.08. The topological polar surface area (TPSA) is 58.1 Å². The summed E-state index contributed by atoms with van der Waals surface area (Å²) in [6.45, 7) is 7.79. The van der Waals surface area contributed by atoms with Crippen molar-refractivity contribution in [1.82, 2.24) is 15.5 Å². The maximum absolute atomic E-state index is 5.72. The van der Waals surface area contributed by atoms with Crippen LogP contribution < -0.4 is 15.4 Å². The first-order valence-corrected chi connectivity index (χ1v) is 10.8. The van der Waals surface area contributed by atoms with Gasteiger partial charge in [-0.05, 0) is 69.8 Å². The van der Waals surface area contributed by atoms with Gasteiger partial charge in [0.25, 0.3) is 0 Å². The average Bonchev–Trinajstić information content (AvgIpc) is 3.43. The van der Waals surface area contributed by atoms with E-state index in [2.05, 4.69) is 40.7 Å². The molecule has 2 N–H and O–H groups in total. The first-order valence-electron chi connectivity index (χ1n) is 10.8. The van der Waals surface area contributed by atoms with Crippen LogP contribution in [0.2, 0.25) is 0 Å². The second kappa shape index (κ2) is 13.3. The van der Waals surface area contributed by atoms with Crippen LogP contribution in [-0.2, 0) is 4.74 Å². The lowest BCUT2D eigenvalue weighted by molar-refractivity contribution is 0.105. The van der Waals surface area contributed by atoms with Crippen molar-refractivity contribution in [3.05, 3.63) is 29.8 Å². The Morgan fingerprint density at radius 2 is 2.10 bits per heavy atom. The molecule has 2 aliphatic rings. The Kier molecular flexibility index (Phi) is 11.1. The van der Waals surface area contributed by atoms with E-state index in [4.69, 9.17) is 14.5 Å². The van der Waals surface area contributed by atoms with Gasteiger partial charge in [-0.3, -0.25) is 9.89 Å². The Morgan fingerprint density at radius 1 is 1.28 bits per heavy atom. The zero-order valence-electron chi connectivity index (χ0n) is 17.9. The van der Waals surface area contributed by atoms with E-state index in [-0.39, 0.29) is 30.0 Å². The first-order chi connectivity index (χ1) is 13.8.